The number of aliphatic carboxylic acids is 1. The number of aromatic nitrogens is 1. The van der Waals surface area contributed by atoms with Crippen molar-refractivity contribution in [3.63, 3.8) is 0 Å². The second kappa shape index (κ2) is 13.9. The van der Waals surface area contributed by atoms with E-state index < -0.39 is 47.0 Å². The summed E-state index contributed by atoms with van der Waals surface area (Å²) in [5.74, 6) is -2.63. The highest BCUT2D eigenvalue weighted by molar-refractivity contribution is 5.89. The molecular formula is C36H40F4N4O5. The molecule has 0 bridgehead atoms. The van der Waals surface area contributed by atoms with Crippen LogP contribution < -0.4 is 14.5 Å². The van der Waals surface area contributed by atoms with Gasteiger partial charge in [-0.25, -0.2) is 9.37 Å². The van der Waals surface area contributed by atoms with Crippen LogP contribution in [0.15, 0.2) is 66.9 Å². The van der Waals surface area contributed by atoms with Crippen molar-refractivity contribution < 1.29 is 41.7 Å². The summed E-state index contributed by atoms with van der Waals surface area (Å²) in [6.45, 7) is 0.980. The van der Waals surface area contributed by atoms with Crippen molar-refractivity contribution in [3.8, 4) is 5.75 Å². The van der Waals surface area contributed by atoms with Crippen LogP contribution in [0.1, 0.15) is 41.4 Å². The number of rotatable bonds is 9. The molecule has 3 fully saturated rings. The van der Waals surface area contributed by atoms with Crippen LogP contribution in [-0.4, -0.2) is 92.6 Å². The van der Waals surface area contributed by atoms with Crippen LogP contribution in [0.5, 0.6) is 5.75 Å². The van der Waals surface area contributed by atoms with Gasteiger partial charge in [0.05, 0.1) is 31.7 Å². The van der Waals surface area contributed by atoms with Gasteiger partial charge in [-0.15, -0.1) is 0 Å². The smallest absolute Gasteiger partial charge is 0.416 e. The minimum absolute atomic E-state index is 0.0847. The minimum Gasteiger partial charge on any atom is -0.497 e. The van der Waals surface area contributed by atoms with Gasteiger partial charge in [0, 0.05) is 69.5 Å². The molecule has 0 unspecified atom stereocenters. The van der Waals surface area contributed by atoms with E-state index in [9.17, 15) is 27.9 Å². The predicted octanol–water partition coefficient (Wildman–Crippen LogP) is 5.61. The number of nitrogens with zero attached hydrogens (tertiary/aromatic N) is 4. The van der Waals surface area contributed by atoms with Crippen molar-refractivity contribution in [1.82, 2.24) is 9.88 Å². The Hall–Kier alpha value is -4.39. The van der Waals surface area contributed by atoms with Gasteiger partial charge < -0.3 is 29.3 Å². The number of anilines is 2. The minimum atomic E-state index is -4.59. The van der Waals surface area contributed by atoms with E-state index >= 15 is 4.39 Å². The molecule has 0 aliphatic carbocycles. The van der Waals surface area contributed by atoms with Crippen LogP contribution >= 0.6 is 0 Å². The third-order valence-electron chi connectivity index (χ3n) is 10.3. The fourth-order valence-corrected chi connectivity index (χ4v) is 7.67. The van der Waals surface area contributed by atoms with Crippen molar-refractivity contribution in [1.29, 1.82) is 0 Å². The number of carboxylic acids is 1. The third kappa shape index (κ3) is 6.90. The van der Waals surface area contributed by atoms with E-state index in [1.165, 1.54) is 25.2 Å². The molecule has 262 valence electrons. The molecule has 0 spiro atoms. The zero-order chi connectivity index (χ0) is 34.9. The highest BCUT2D eigenvalue weighted by Gasteiger charge is 2.57. The summed E-state index contributed by atoms with van der Waals surface area (Å²) >= 11 is 0. The first-order chi connectivity index (χ1) is 23.4. The van der Waals surface area contributed by atoms with E-state index in [-0.39, 0.29) is 51.8 Å². The van der Waals surface area contributed by atoms with Crippen LogP contribution in [-0.2, 0) is 20.5 Å². The van der Waals surface area contributed by atoms with Gasteiger partial charge in [0.1, 0.15) is 11.6 Å². The highest BCUT2D eigenvalue weighted by Crippen LogP contribution is 2.46. The number of halogens is 4. The van der Waals surface area contributed by atoms with Gasteiger partial charge in [-0.3, -0.25) is 9.59 Å². The summed E-state index contributed by atoms with van der Waals surface area (Å²) in [5.41, 5.74) is -1.56. The molecule has 49 heavy (non-hydrogen) atoms. The highest BCUT2D eigenvalue weighted by atomic mass is 19.4. The molecule has 0 saturated carbocycles. The number of pyridine rings is 1. The molecule has 3 saturated heterocycles. The number of amides is 1. The number of hydrogen-bond donors (Lipinski definition) is 1. The molecule has 13 heteroatoms. The van der Waals surface area contributed by atoms with Crippen molar-refractivity contribution >= 4 is 23.4 Å². The third-order valence-corrected chi connectivity index (χ3v) is 10.3. The van der Waals surface area contributed by atoms with Gasteiger partial charge in [-0.1, -0.05) is 24.3 Å². The molecule has 1 amide bonds. The summed E-state index contributed by atoms with van der Waals surface area (Å²) in [6.07, 6.45) is -2.38. The second-order valence-electron chi connectivity index (χ2n) is 13.2. The van der Waals surface area contributed by atoms with E-state index in [2.05, 4.69) is 4.98 Å². The van der Waals surface area contributed by atoms with Gasteiger partial charge in [0.15, 0.2) is 0 Å². The van der Waals surface area contributed by atoms with Gasteiger partial charge in [0.25, 0.3) is 5.91 Å². The average Bonchev–Trinajstić information content (AvgIpc) is 3.69. The maximum atomic E-state index is 17.6. The Bertz CT molecular complexity index is 1630. The first kappa shape index (κ1) is 34.5. The second-order valence-corrected chi connectivity index (χ2v) is 13.2. The fourth-order valence-electron chi connectivity index (χ4n) is 7.67. The molecule has 3 aromatic rings. The van der Waals surface area contributed by atoms with Crippen LogP contribution in [0.4, 0.5) is 29.1 Å². The normalized spacial score (nSPS) is 24.8. The lowest BCUT2D eigenvalue weighted by Gasteiger charge is -2.35. The zero-order valence-electron chi connectivity index (χ0n) is 27.4. The molecule has 1 N–H and O–H groups in total. The SMILES string of the molecule is COC[C@H]1CN(C(=O)[C@]2(F)CN(c3ccccn3)C[C@H]2c2ccc(OC)cc2)C[C@@H]1c1ccc(C(F)(F)F)cc1N1CCC(C(=O)O)CC1. The Morgan fingerprint density at radius 3 is 2.33 bits per heavy atom. The Balaban J connectivity index is 1.33. The standard InChI is InChI=1S/C36H40F4N4O5/c1-48-21-25-18-43(19-29(25)28-11-8-26(36(38,39)40)17-31(28)42-15-12-24(13-16-42)33(45)46)34(47)35(37)22-44(32-5-3-4-14-41-32)20-30(35)23-6-9-27(49-2)10-7-23/h3-11,14,17,24-25,29-30H,12-13,15-16,18-22H2,1-2H3,(H,45,46)/t25-,29+,30+,35+/m1/s1. The van der Waals surface area contributed by atoms with E-state index in [4.69, 9.17) is 9.47 Å². The maximum Gasteiger partial charge on any atom is 0.416 e. The zero-order valence-corrected chi connectivity index (χ0v) is 27.4. The number of carbonyl (C=O) groups is 2. The van der Waals surface area contributed by atoms with E-state index in [1.807, 2.05) is 0 Å². The fraction of sp³-hybridized carbons (Fsp3) is 0.472. The summed E-state index contributed by atoms with van der Waals surface area (Å²) < 4.78 is 70.3. The lowest BCUT2D eigenvalue weighted by atomic mass is 9.85. The van der Waals surface area contributed by atoms with E-state index in [1.54, 1.807) is 58.5 Å². The molecule has 0 radical (unpaired) electrons. The van der Waals surface area contributed by atoms with Gasteiger partial charge in [-0.05, 0) is 60.4 Å². The summed E-state index contributed by atoms with van der Waals surface area (Å²) in [7, 11) is 3.06. The Morgan fingerprint density at radius 1 is 0.980 bits per heavy atom. The number of carbonyl (C=O) groups excluding carboxylic acids is 1. The van der Waals surface area contributed by atoms with Gasteiger partial charge >= 0.3 is 12.1 Å². The molecular weight excluding hydrogens is 644 g/mol. The van der Waals surface area contributed by atoms with Gasteiger partial charge in [-0.2, -0.15) is 13.2 Å². The molecule has 4 heterocycles. The lowest BCUT2D eigenvalue weighted by Crippen LogP contribution is -2.50. The largest absolute Gasteiger partial charge is 0.497 e. The summed E-state index contributed by atoms with van der Waals surface area (Å²) in [6, 6.07) is 15.9. The van der Waals surface area contributed by atoms with Crippen LogP contribution in [0.25, 0.3) is 0 Å². The summed E-state index contributed by atoms with van der Waals surface area (Å²) in [4.78, 5) is 35.5. The Labute approximate surface area is 282 Å². The predicted molar refractivity (Wildman–Crippen MR) is 175 cm³/mol. The molecule has 6 rings (SSSR count). The lowest BCUT2D eigenvalue weighted by molar-refractivity contribution is -0.143. The van der Waals surface area contributed by atoms with Crippen molar-refractivity contribution in [3.05, 3.63) is 83.6 Å². The number of likely N-dealkylation sites (tertiary alicyclic amines) is 1. The Kier molecular flexibility index (Phi) is 9.74. The first-order valence-electron chi connectivity index (χ1n) is 16.4. The topological polar surface area (TPSA) is 95.4 Å². The van der Waals surface area contributed by atoms with Gasteiger partial charge in [0.2, 0.25) is 5.67 Å². The number of piperidine rings is 1. The van der Waals surface area contributed by atoms with Crippen molar-refractivity contribution in [2.24, 2.45) is 11.8 Å². The molecule has 9 nitrogen and oxygen atoms in total. The maximum absolute atomic E-state index is 17.6. The Morgan fingerprint density at radius 2 is 1.71 bits per heavy atom. The number of ether oxygens (including phenoxy) is 2. The van der Waals surface area contributed by atoms with Crippen LogP contribution in [0.2, 0.25) is 0 Å². The molecule has 2 aromatic carbocycles. The monoisotopic (exact) mass is 684 g/mol. The number of carboxylic acid groups (broad SMARTS) is 1. The van der Waals surface area contributed by atoms with E-state index in [0.717, 1.165) is 12.1 Å². The average molecular weight is 685 g/mol. The molecule has 4 atom stereocenters. The number of hydrogen-bond acceptors (Lipinski definition) is 7. The summed E-state index contributed by atoms with van der Waals surface area (Å²) in [5, 5.41) is 9.49. The first-order valence-corrected chi connectivity index (χ1v) is 16.4. The number of benzene rings is 2. The number of alkyl halides is 4. The van der Waals surface area contributed by atoms with E-state index in [0.29, 0.717) is 41.2 Å². The van der Waals surface area contributed by atoms with Crippen molar-refractivity contribution in [2.45, 2.75) is 36.5 Å². The molecule has 1 aromatic heterocycles. The number of methoxy groups -OCH3 is 2. The van der Waals surface area contributed by atoms with Crippen LogP contribution in [0.3, 0.4) is 0 Å². The quantitative estimate of drug-likeness (QED) is 0.291. The molecule has 3 aliphatic heterocycles. The van der Waals surface area contributed by atoms with Crippen LogP contribution in [0, 0.1) is 11.8 Å². The van der Waals surface area contributed by atoms with Crippen molar-refractivity contribution in [2.75, 3.05) is 69.9 Å². The molecule has 3 aliphatic rings.